The molecule has 1 unspecified atom stereocenters. The van der Waals surface area contributed by atoms with Crippen LogP contribution in [0.3, 0.4) is 0 Å². The summed E-state index contributed by atoms with van der Waals surface area (Å²) in [5.74, 6) is -0.252. The zero-order valence-corrected chi connectivity index (χ0v) is 10.2. The Hall–Kier alpha value is -1.62. The van der Waals surface area contributed by atoms with Gasteiger partial charge in [0, 0.05) is 6.07 Å². The highest BCUT2D eigenvalue weighted by atomic mass is 19.1. The second kappa shape index (κ2) is 6.20. The number of carbonyl (C=O) groups is 1. The first-order valence-electron chi connectivity index (χ1n) is 5.49. The van der Waals surface area contributed by atoms with Crippen LogP contribution in [0.4, 0.5) is 10.1 Å². The number of hydrogen-bond donors (Lipinski definition) is 2. The van der Waals surface area contributed by atoms with Crippen LogP contribution in [0.1, 0.15) is 13.8 Å². The fraction of sp³-hybridized carbons (Fsp3) is 0.417. The van der Waals surface area contributed by atoms with Crippen molar-refractivity contribution in [3.63, 3.8) is 0 Å². The first-order valence-corrected chi connectivity index (χ1v) is 5.49. The molecule has 1 amide bonds. The third kappa shape index (κ3) is 3.71. The maximum absolute atomic E-state index is 13.0. The van der Waals surface area contributed by atoms with Gasteiger partial charge in [-0.05, 0) is 33.0 Å². The number of anilines is 1. The van der Waals surface area contributed by atoms with E-state index in [2.05, 4.69) is 10.6 Å². The molecule has 0 aliphatic carbocycles. The number of amides is 1. The highest BCUT2D eigenvalue weighted by Crippen LogP contribution is 2.25. The van der Waals surface area contributed by atoms with E-state index in [1.165, 1.54) is 18.2 Å². The molecule has 17 heavy (non-hydrogen) atoms. The van der Waals surface area contributed by atoms with E-state index in [1.54, 1.807) is 20.9 Å². The molecule has 1 rings (SSSR count). The van der Waals surface area contributed by atoms with Gasteiger partial charge in [0.2, 0.25) is 5.91 Å². The van der Waals surface area contributed by atoms with Crippen LogP contribution in [0.5, 0.6) is 5.75 Å². The molecule has 0 bridgehead atoms. The Bertz CT molecular complexity index is 396. The zero-order valence-electron chi connectivity index (χ0n) is 10.2. The SMILES string of the molecule is CCOc1cc(F)ccc1NC(=O)C(C)NC. The summed E-state index contributed by atoms with van der Waals surface area (Å²) in [7, 11) is 1.69. The molecule has 94 valence electrons. The molecular weight excluding hydrogens is 223 g/mol. The van der Waals surface area contributed by atoms with E-state index in [0.29, 0.717) is 18.0 Å². The number of ether oxygens (including phenoxy) is 1. The fourth-order valence-electron chi connectivity index (χ4n) is 1.25. The lowest BCUT2D eigenvalue weighted by atomic mass is 10.2. The van der Waals surface area contributed by atoms with Crippen LogP contribution in [0.2, 0.25) is 0 Å². The molecular formula is C12H17FN2O2. The smallest absolute Gasteiger partial charge is 0.241 e. The Morgan fingerprint density at radius 2 is 2.24 bits per heavy atom. The van der Waals surface area contributed by atoms with Crippen LogP contribution in [0.25, 0.3) is 0 Å². The summed E-state index contributed by atoms with van der Waals surface area (Å²) in [5, 5.41) is 5.50. The largest absolute Gasteiger partial charge is 0.492 e. The van der Waals surface area contributed by atoms with Crippen LogP contribution in [-0.4, -0.2) is 25.6 Å². The summed E-state index contributed by atoms with van der Waals surface area (Å²) in [5.41, 5.74) is 0.473. The van der Waals surface area contributed by atoms with Gasteiger partial charge in [-0.25, -0.2) is 4.39 Å². The summed E-state index contributed by atoms with van der Waals surface area (Å²) in [6, 6.07) is 3.70. The summed E-state index contributed by atoms with van der Waals surface area (Å²) in [6.07, 6.45) is 0. The molecule has 0 saturated carbocycles. The number of likely N-dealkylation sites (N-methyl/N-ethyl adjacent to an activating group) is 1. The number of nitrogens with one attached hydrogen (secondary N) is 2. The molecule has 0 aromatic heterocycles. The van der Waals surface area contributed by atoms with E-state index in [-0.39, 0.29) is 11.9 Å². The standard InChI is InChI=1S/C12H17FN2O2/c1-4-17-11-7-9(13)5-6-10(11)15-12(16)8(2)14-3/h5-8,14H,4H2,1-3H3,(H,15,16). The molecule has 0 radical (unpaired) electrons. The van der Waals surface area contributed by atoms with Crippen LogP contribution < -0.4 is 15.4 Å². The Labute approximate surface area is 100 Å². The Morgan fingerprint density at radius 3 is 2.82 bits per heavy atom. The quantitative estimate of drug-likeness (QED) is 0.824. The summed E-state index contributed by atoms with van der Waals surface area (Å²) in [6.45, 7) is 3.94. The van der Waals surface area contributed by atoms with Crippen molar-refractivity contribution in [2.45, 2.75) is 19.9 Å². The van der Waals surface area contributed by atoms with Gasteiger partial charge in [0.1, 0.15) is 11.6 Å². The van der Waals surface area contributed by atoms with Crippen LogP contribution in [-0.2, 0) is 4.79 Å². The number of carbonyl (C=O) groups excluding carboxylic acids is 1. The number of rotatable bonds is 5. The van der Waals surface area contributed by atoms with E-state index in [9.17, 15) is 9.18 Å². The maximum atomic E-state index is 13.0. The van der Waals surface area contributed by atoms with Crippen molar-refractivity contribution < 1.29 is 13.9 Å². The van der Waals surface area contributed by atoms with Crippen molar-refractivity contribution in [1.29, 1.82) is 0 Å². The number of benzene rings is 1. The van der Waals surface area contributed by atoms with Gasteiger partial charge in [-0.2, -0.15) is 0 Å². The van der Waals surface area contributed by atoms with E-state index < -0.39 is 5.82 Å². The van der Waals surface area contributed by atoms with Crippen LogP contribution in [0.15, 0.2) is 18.2 Å². The molecule has 1 atom stereocenters. The second-order valence-corrected chi connectivity index (χ2v) is 3.57. The molecule has 0 fully saturated rings. The Morgan fingerprint density at radius 1 is 1.53 bits per heavy atom. The first-order chi connectivity index (χ1) is 8.08. The molecule has 4 nitrogen and oxygen atoms in total. The molecule has 0 aliphatic heterocycles. The topological polar surface area (TPSA) is 50.4 Å². The van der Waals surface area contributed by atoms with Crippen molar-refractivity contribution >= 4 is 11.6 Å². The summed E-state index contributed by atoms with van der Waals surface area (Å²) in [4.78, 5) is 11.7. The maximum Gasteiger partial charge on any atom is 0.241 e. The minimum absolute atomic E-state index is 0.194. The van der Waals surface area contributed by atoms with E-state index in [4.69, 9.17) is 4.74 Å². The Balaban J connectivity index is 2.86. The van der Waals surface area contributed by atoms with Gasteiger partial charge < -0.3 is 15.4 Å². The fourth-order valence-corrected chi connectivity index (χ4v) is 1.25. The van der Waals surface area contributed by atoms with Crippen molar-refractivity contribution in [1.82, 2.24) is 5.32 Å². The molecule has 1 aromatic rings. The van der Waals surface area contributed by atoms with Gasteiger partial charge >= 0.3 is 0 Å². The molecule has 0 heterocycles. The highest BCUT2D eigenvalue weighted by molar-refractivity contribution is 5.95. The summed E-state index contributed by atoms with van der Waals surface area (Å²) >= 11 is 0. The van der Waals surface area contributed by atoms with Gasteiger partial charge in [0.15, 0.2) is 0 Å². The van der Waals surface area contributed by atoms with E-state index in [1.807, 2.05) is 0 Å². The number of hydrogen-bond acceptors (Lipinski definition) is 3. The van der Waals surface area contributed by atoms with Crippen molar-refractivity contribution in [2.75, 3.05) is 19.0 Å². The molecule has 1 aromatic carbocycles. The molecule has 0 aliphatic rings. The van der Waals surface area contributed by atoms with E-state index in [0.717, 1.165) is 0 Å². The van der Waals surface area contributed by atoms with Gasteiger partial charge in [-0.15, -0.1) is 0 Å². The minimum Gasteiger partial charge on any atom is -0.492 e. The highest BCUT2D eigenvalue weighted by Gasteiger charge is 2.13. The third-order valence-corrected chi connectivity index (χ3v) is 2.33. The average Bonchev–Trinajstić information content (AvgIpc) is 2.31. The van der Waals surface area contributed by atoms with Gasteiger partial charge in [-0.3, -0.25) is 4.79 Å². The number of halogens is 1. The second-order valence-electron chi connectivity index (χ2n) is 3.57. The molecule has 2 N–H and O–H groups in total. The van der Waals surface area contributed by atoms with Crippen molar-refractivity contribution in [2.24, 2.45) is 0 Å². The lowest BCUT2D eigenvalue weighted by Crippen LogP contribution is -2.35. The van der Waals surface area contributed by atoms with E-state index >= 15 is 0 Å². The first kappa shape index (κ1) is 13.4. The lowest BCUT2D eigenvalue weighted by Gasteiger charge is -2.14. The zero-order chi connectivity index (χ0) is 12.8. The minimum atomic E-state index is -0.395. The van der Waals surface area contributed by atoms with Crippen molar-refractivity contribution in [3.8, 4) is 5.75 Å². The van der Waals surface area contributed by atoms with Gasteiger partial charge in [0.25, 0.3) is 0 Å². The van der Waals surface area contributed by atoms with Crippen LogP contribution >= 0.6 is 0 Å². The van der Waals surface area contributed by atoms with Gasteiger partial charge in [-0.1, -0.05) is 0 Å². The summed E-state index contributed by atoms with van der Waals surface area (Å²) < 4.78 is 18.3. The Kier molecular flexibility index (Phi) is 4.90. The third-order valence-electron chi connectivity index (χ3n) is 2.33. The van der Waals surface area contributed by atoms with Crippen molar-refractivity contribution in [3.05, 3.63) is 24.0 Å². The molecule has 0 spiro atoms. The lowest BCUT2D eigenvalue weighted by molar-refractivity contribution is -0.117. The predicted molar refractivity (Wildman–Crippen MR) is 64.7 cm³/mol. The normalized spacial score (nSPS) is 12.0. The van der Waals surface area contributed by atoms with Gasteiger partial charge in [0.05, 0.1) is 18.3 Å². The monoisotopic (exact) mass is 240 g/mol. The predicted octanol–water partition coefficient (Wildman–Crippen LogP) is 1.77. The molecule has 5 heteroatoms. The molecule has 0 saturated heterocycles. The average molecular weight is 240 g/mol. The van der Waals surface area contributed by atoms with Crippen LogP contribution in [0, 0.1) is 5.82 Å².